The second-order valence-electron chi connectivity index (χ2n) is 8.65. The van der Waals surface area contributed by atoms with Crippen LogP contribution in [0, 0.1) is 0 Å². The number of fused-ring (bicyclic) bond motifs is 1. The van der Waals surface area contributed by atoms with Gasteiger partial charge in [-0.25, -0.2) is 0 Å². The lowest BCUT2D eigenvalue weighted by atomic mass is 9.94. The molecule has 3 aromatic carbocycles. The minimum absolute atomic E-state index is 0.00762. The molecule has 0 saturated carbocycles. The van der Waals surface area contributed by atoms with Crippen LogP contribution in [0.3, 0.4) is 0 Å². The van der Waals surface area contributed by atoms with Crippen molar-refractivity contribution < 1.29 is 28.6 Å². The van der Waals surface area contributed by atoms with Crippen molar-refractivity contribution in [3.8, 4) is 5.75 Å². The lowest BCUT2D eigenvalue weighted by Gasteiger charge is -2.27. The summed E-state index contributed by atoms with van der Waals surface area (Å²) in [5, 5.41) is 11.7. The zero-order valence-corrected chi connectivity index (χ0v) is 21.6. The summed E-state index contributed by atoms with van der Waals surface area (Å²) in [5.74, 6) is -2.25. The number of ether oxygens (including phenoxy) is 1. The van der Waals surface area contributed by atoms with Crippen LogP contribution in [0.2, 0.25) is 0 Å². The molecule has 0 saturated heterocycles. The summed E-state index contributed by atoms with van der Waals surface area (Å²) < 4.78 is 11.9. The highest BCUT2D eigenvalue weighted by Gasteiger charge is 2.45. The molecule has 0 radical (unpaired) electrons. The Kier molecular flexibility index (Phi) is 6.43. The summed E-state index contributed by atoms with van der Waals surface area (Å²) in [6.45, 7) is 3.31. The molecule has 1 unspecified atom stereocenters. The van der Waals surface area contributed by atoms with Crippen LogP contribution < -0.4 is 9.64 Å². The van der Waals surface area contributed by atoms with E-state index in [-0.39, 0.29) is 17.1 Å². The van der Waals surface area contributed by atoms with Gasteiger partial charge in [-0.1, -0.05) is 47.1 Å². The zero-order chi connectivity index (χ0) is 26.3. The minimum atomic E-state index is -0.983. The van der Waals surface area contributed by atoms with E-state index in [9.17, 15) is 19.5 Å². The normalized spacial score (nSPS) is 15.5. The van der Waals surface area contributed by atoms with Gasteiger partial charge in [0.15, 0.2) is 11.5 Å². The van der Waals surface area contributed by atoms with Gasteiger partial charge in [-0.15, -0.1) is 0 Å². The molecular weight excluding hydrogens is 538 g/mol. The molecule has 37 heavy (non-hydrogen) atoms. The fourth-order valence-corrected chi connectivity index (χ4v) is 4.86. The van der Waals surface area contributed by atoms with Crippen LogP contribution in [0.5, 0.6) is 5.75 Å². The van der Waals surface area contributed by atoms with Gasteiger partial charge < -0.3 is 14.3 Å². The number of furan rings is 1. The summed E-state index contributed by atoms with van der Waals surface area (Å²) in [6.07, 6.45) is 0.817. The minimum Gasteiger partial charge on any atom is -0.503 e. The van der Waals surface area contributed by atoms with Gasteiger partial charge >= 0.3 is 5.97 Å². The van der Waals surface area contributed by atoms with E-state index in [1.165, 1.54) is 11.8 Å². The Morgan fingerprint density at radius 3 is 2.51 bits per heavy atom. The molecule has 1 aliphatic heterocycles. The van der Waals surface area contributed by atoms with Crippen LogP contribution in [0.4, 0.5) is 5.69 Å². The lowest BCUT2D eigenvalue weighted by molar-refractivity contribution is -0.131. The number of nitrogens with zero attached hydrogens (tertiary/aromatic N) is 1. The quantitative estimate of drug-likeness (QED) is 0.165. The summed E-state index contributed by atoms with van der Waals surface area (Å²) in [4.78, 5) is 40.1. The summed E-state index contributed by atoms with van der Waals surface area (Å²) in [7, 11) is 0. The number of amides is 1. The average molecular weight is 560 g/mol. The molecule has 5 rings (SSSR count). The lowest BCUT2D eigenvalue weighted by Crippen LogP contribution is -2.31. The SMILES string of the molecule is CCc1ccc(N2C(=O)C(O)=C(C(=O)c3cc4cc(Br)ccc4o3)C2c2cccc(OC(C)=O)c2)cc1. The first-order valence-corrected chi connectivity index (χ1v) is 12.4. The van der Waals surface area contributed by atoms with Crippen molar-refractivity contribution in [2.75, 3.05) is 4.90 Å². The topological polar surface area (TPSA) is 97.1 Å². The van der Waals surface area contributed by atoms with Crippen molar-refractivity contribution in [2.24, 2.45) is 0 Å². The largest absolute Gasteiger partial charge is 0.503 e. The Bertz CT molecular complexity index is 1580. The number of rotatable bonds is 6. The third-order valence-corrected chi connectivity index (χ3v) is 6.71. The fraction of sp³-hybridized carbons (Fsp3) is 0.138. The second-order valence-corrected chi connectivity index (χ2v) is 9.56. The van der Waals surface area contributed by atoms with Crippen LogP contribution >= 0.6 is 15.9 Å². The average Bonchev–Trinajstić information content (AvgIpc) is 3.42. The number of carbonyl (C=O) groups is 3. The number of halogens is 1. The zero-order valence-electron chi connectivity index (χ0n) is 20.0. The molecule has 1 aliphatic rings. The van der Waals surface area contributed by atoms with E-state index in [0.29, 0.717) is 22.2 Å². The molecule has 1 N–H and O–H groups in total. The van der Waals surface area contributed by atoms with Crippen molar-refractivity contribution >= 4 is 50.2 Å². The maximum atomic E-state index is 13.8. The monoisotopic (exact) mass is 559 g/mol. The highest BCUT2D eigenvalue weighted by atomic mass is 79.9. The molecule has 1 aromatic heterocycles. The number of aliphatic hydroxyl groups excluding tert-OH is 1. The third-order valence-electron chi connectivity index (χ3n) is 6.21. The highest BCUT2D eigenvalue weighted by molar-refractivity contribution is 9.10. The van der Waals surface area contributed by atoms with Gasteiger partial charge in [0.25, 0.3) is 5.91 Å². The number of ketones is 1. The second kappa shape index (κ2) is 9.71. The number of aryl methyl sites for hydroxylation is 1. The number of anilines is 1. The molecule has 2 heterocycles. The van der Waals surface area contributed by atoms with Crippen LogP contribution in [0.15, 0.2) is 93.0 Å². The van der Waals surface area contributed by atoms with Gasteiger partial charge in [0, 0.05) is 22.5 Å². The van der Waals surface area contributed by atoms with E-state index in [1.807, 2.05) is 25.1 Å². The van der Waals surface area contributed by atoms with Gasteiger partial charge in [-0.3, -0.25) is 19.3 Å². The standard InChI is InChI=1S/C29H22BrNO6/c1-3-17-7-10-21(11-8-17)31-26(18-5-4-6-22(14-18)36-16(2)32)25(28(34)29(31)35)27(33)24-15-19-13-20(30)9-12-23(19)37-24/h4-15,26,34H,3H2,1-2H3. The van der Waals surface area contributed by atoms with Crippen molar-refractivity contribution in [3.05, 3.63) is 105 Å². The molecule has 1 amide bonds. The van der Waals surface area contributed by atoms with E-state index < -0.39 is 29.5 Å². The number of aliphatic hydroxyl groups is 1. The molecule has 7 nitrogen and oxygen atoms in total. The Labute approximate surface area is 221 Å². The molecule has 8 heteroatoms. The van der Waals surface area contributed by atoms with Gasteiger partial charge in [0.2, 0.25) is 5.78 Å². The van der Waals surface area contributed by atoms with Crippen molar-refractivity contribution in [1.82, 2.24) is 0 Å². The molecule has 0 bridgehead atoms. The Hall–Kier alpha value is -4.17. The smallest absolute Gasteiger partial charge is 0.308 e. The Balaban J connectivity index is 1.65. The molecule has 0 fully saturated rings. The molecule has 186 valence electrons. The number of Topliss-reactive ketones (excluding diaryl/α,β-unsaturated/α-hetero) is 1. The number of benzene rings is 3. The summed E-state index contributed by atoms with van der Waals surface area (Å²) in [5.41, 5.74) is 2.44. The maximum Gasteiger partial charge on any atom is 0.308 e. The van der Waals surface area contributed by atoms with Gasteiger partial charge in [0.05, 0.1) is 11.6 Å². The first-order valence-electron chi connectivity index (χ1n) is 11.6. The van der Waals surface area contributed by atoms with Gasteiger partial charge in [0.1, 0.15) is 11.3 Å². The molecule has 0 spiro atoms. The van der Waals surface area contributed by atoms with E-state index in [1.54, 1.807) is 54.6 Å². The third kappa shape index (κ3) is 4.56. The molecular formula is C29H22BrNO6. The maximum absolute atomic E-state index is 13.8. The van der Waals surface area contributed by atoms with Crippen LogP contribution in [0.25, 0.3) is 11.0 Å². The van der Waals surface area contributed by atoms with E-state index in [0.717, 1.165) is 16.5 Å². The molecule has 0 aliphatic carbocycles. The number of hydrogen-bond acceptors (Lipinski definition) is 6. The van der Waals surface area contributed by atoms with Gasteiger partial charge in [-0.05, 0) is 66.1 Å². The predicted octanol–water partition coefficient (Wildman–Crippen LogP) is 6.47. The fourth-order valence-electron chi connectivity index (χ4n) is 4.48. The predicted molar refractivity (Wildman–Crippen MR) is 142 cm³/mol. The van der Waals surface area contributed by atoms with Crippen LogP contribution in [0.1, 0.15) is 41.6 Å². The first-order chi connectivity index (χ1) is 17.8. The number of carbonyl (C=O) groups excluding carboxylic acids is 3. The van der Waals surface area contributed by atoms with Crippen LogP contribution in [-0.2, 0) is 16.0 Å². The van der Waals surface area contributed by atoms with Crippen molar-refractivity contribution in [3.63, 3.8) is 0 Å². The Morgan fingerprint density at radius 2 is 1.81 bits per heavy atom. The molecule has 1 atom stereocenters. The van der Waals surface area contributed by atoms with E-state index in [4.69, 9.17) is 9.15 Å². The first kappa shape index (κ1) is 24.5. The number of hydrogen-bond donors (Lipinski definition) is 1. The van der Waals surface area contributed by atoms with E-state index >= 15 is 0 Å². The van der Waals surface area contributed by atoms with E-state index in [2.05, 4.69) is 15.9 Å². The summed E-state index contributed by atoms with van der Waals surface area (Å²) >= 11 is 3.41. The highest BCUT2D eigenvalue weighted by Crippen LogP contribution is 2.43. The van der Waals surface area contributed by atoms with Crippen molar-refractivity contribution in [1.29, 1.82) is 0 Å². The van der Waals surface area contributed by atoms with Gasteiger partial charge in [-0.2, -0.15) is 0 Å². The van der Waals surface area contributed by atoms with Crippen molar-refractivity contribution in [2.45, 2.75) is 26.3 Å². The molecule has 4 aromatic rings. The Morgan fingerprint density at radius 1 is 1.05 bits per heavy atom. The van der Waals surface area contributed by atoms with Crippen LogP contribution in [-0.4, -0.2) is 22.8 Å². The number of esters is 1. The summed E-state index contributed by atoms with van der Waals surface area (Å²) in [6, 6.07) is 19.8.